The number of aryl methyl sites for hydroxylation is 1. The monoisotopic (exact) mass is 235 g/mol. The molecule has 2 rings (SSSR count). The predicted octanol–water partition coefficient (Wildman–Crippen LogP) is 1.32. The van der Waals surface area contributed by atoms with Crippen LogP contribution in [-0.4, -0.2) is 44.3 Å². The van der Waals surface area contributed by atoms with E-state index in [9.17, 15) is 0 Å². The summed E-state index contributed by atoms with van der Waals surface area (Å²) in [6, 6.07) is 5.93. The van der Waals surface area contributed by atoms with Crippen LogP contribution in [0.25, 0.3) is 0 Å². The lowest BCUT2D eigenvalue weighted by molar-refractivity contribution is -0.0117. The van der Waals surface area contributed by atoms with E-state index in [2.05, 4.69) is 24.2 Å². The van der Waals surface area contributed by atoms with Crippen molar-refractivity contribution < 1.29 is 4.74 Å². The largest absolute Gasteiger partial charge is 0.399 e. The first kappa shape index (κ1) is 12.2. The van der Waals surface area contributed by atoms with Crippen molar-refractivity contribution in [3.05, 3.63) is 23.8 Å². The van der Waals surface area contributed by atoms with Crippen LogP contribution in [0.2, 0.25) is 0 Å². The number of nitrogens with zero attached hydrogens (tertiary/aromatic N) is 1. The molecule has 0 bridgehead atoms. The van der Waals surface area contributed by atoms with Gasteiger partial charge >= 0.3 is 0 Å². The highest BCUT2D eigenvalue weighted by Gasteiger charge is 2.17. The van der Waals surface area contributed by atoms with Gasteiger partial charge in [0.15, 0.2) is 0 Å². The molecule has 1 unspecified atom stereocenters. The maximum atomic E-state index is 5.73. The van der Waals surface area contributed by atoms with E-state index >= 15 is 0 Å². The lowest BCUT2D eigenvalue weighted by Crippen LogP contribution is -2.43. The van der Waals surface area contributed by atoms with E-state index < -0.39 is 0 Å². The zero-order valence-corrected chi connectivity index (χ0v) is 10.6. The molecule has 1 aliphatic heterocycles. The molecule has 4 nitrogen and oxygen atoms in total. The molecular formula is C13H21N3O. The SMILES string of the molecule is Cc1cc(N)ccc1NCC1CN(C)CCO1. The fourth-order valence-electron chi connectivity index (χ4n) is 2.10. The molecule has 94 valence electrons. The highest BCUT2D eigenvalue weighted by molar-refractivity contribution is 5.57. The molecule has 1 saturated heterocycles. The Hall–Kier alpha value is -1.26. The molecule has 0 aromatic heterocycles. The summed E-state index contributed by atoms with van der Waals surface area (Å²) in [5.41, 5.74) is 8.84. The number of likely N-dealkylation sites (N-methyl/N-ethyl adjacent to an activating group) is 1. The van der Waals surface area contributed by atoms with Crippen LogP contribution in [0.4, 0.5) is 11.4 Å². The zero-order valence-electron chi connectivity index (χ0n) is 10.6. The third kappa shape index (κ3) is 3.35. The van der Waals surface area contributed by atoms with E-state index in [1.54, 1.807) is 0 Å². The van der Waals surface area contributed by atoms with E-state index in [0.717, 1.165) is 37.6 Å². The van der Waals surface area contributed by atoms with E-state index in [0.29, 0.717) is 0 Å². The fraction of sp³-hybridized carbons (Fsp3) is 0.538. The van der Waals surface area contributed by atoms with Crippen molar-refractivity contribution in [2.45, 2.75) is 13.0 Å². The molecular weight excluding hydrogens is 214 g/mol. The second-order valence-corrected chi connectivity index (χ2v) is 4.71. The number of benzene rings is 1. The van der Waals surface area contributed by atoms with Crippen LogP contribution >= 0.6 is 0 Å². The topological polar surface area (TPSA) is 50.5 Å². The van der Waals surface area contributed by atoms with Crippen LogP contribution in [0.3, 0.4) is 0 Å². The van der Waals surface area contributed by atoms with Crippen molar-refractivity contribution in [1.82, 2.24) is 4.90 Å². The summed E-state index contributed by atoms with van der Waals surface area (Å²) in [5, 5.41) is 3.42. The summed E-state index contributed by atoms with van der Waals surface area (Å²) in [4.78, 5) is 2.30. The highest BCUT2D eigenvalue weighted by Crippen LogP contribution is 2.18. The van der Waals surface area contributed by atoms with Crippen molar-refractivity contribution in [2.75, 3.05) is 44.3 Å². The summed E-state index contributed by atoms with van der Waals surface area (Å²) in [6.07, 6.45) is 0.269. The third-order valence-corrected chi connectivity index (χ3v) is 3.11. The van der Waals surface area contributed by atoms with Crippen LogP contribution in [-0.2, 0) is 4.74 Å². The first-order chi connectivity index (χ1) is 8.15. The summed E-state index contributed by atoms with van der Waals surface area (Å²) in [5.74, 6) is 0. The number of nitrogens with one attached hydrogen (secondary N) is 1. The van der Waals surface area contributed by atoms with Gasteiger partial charge in [-0.15, -0.1) is 0 Å². The molecule has 0 radical (unpaired) electrons. The number of nitrogens with two attached hydrogens (primary N) is 1. The molecule has 1 aromatic rings. The minimum Gasteiger partial charge on any atom is -0.399 e. The van der Waals surface area contributed by atoms with Gasteiger partial charge in [-0.1, -0.05) is 0 Å². The lowest BCUT2D eigenvalue weighted by atomic mass is 10.1. The summed E-state index contributed by atoms with van der Waals surface area (Å²) in [7, 11) is 2.13. The minimum atomic E-state index is 0.269. The molecule has 3 N–H and O–H groups in total. The fourth-order valence-corrected chi connectivity index (χ4v) is 2.10. The zero-order chi connectivity index (χ0) is 12.3. The Morgan fingerprint density at radius 1 is 1.53 bits per heavy atom. The van der Waals surface area contributed by atoms with Crippen LogP contribution in [0.15, 0.2) is 18.2 Å². The minimum absolute atomic E-state index is 0.269. The second kappa shape index (κ2) is 5.38. The molecule has 1 aromatic carbocycles. The number of anilines is 2. The standard InChI is InChI=1S/C13H21N3O/c1-10-7-11(14)3-4-13(10)15-8-12-9-16(2)5-6-17-12/h3-4,7,12,15H,5-6,8-9,14H2,1-2H3. The number of morpholine rings is 1. The first-order valence-electron chi connectivity index (χ1n) is 6.05. The Labute approximate surface area is 103 Å². The van der Waals surface area contributed by atoms with Crippen molar-refractivity contribution in [1.29, 1.82) is 0 Å². The molecule has 1 aliphatic rings. The van der Waals surface area contributed by atoms with Gasteiger partial charge in [0, 0.05) is 31.0 Å². The number of rotatable bonds is 3. The van der Waals surface area contributed by atoms with E-state index in [1.807, 2.05) is 18.2 Å². The maximum Gasteiger partial charge on any atom is 0.0874 e. The Morgan fingerprint density at radius 3 is 3.06 bits per heavy atom. The molecule has 1 heterocycles. The van der Waals surface area contributed by atoms with Gasteiger partial charge in [-0.2, -0.15) is 0 Å². The van der Waals surface area contributed by atoms with Crippen LogP contribution < -0.4 is 11.1 Å². The lowest BCUT2D eigenvalue weighted by Gasteiger charge is -2.30. The normalized spacial score (nSPS) is 21.4. The number of nitrogen functional groups attached to an aromatic ring is 1. The van der Waals surface area contributed by atoms with Crippen LogP contribution in [0.1, 0.15) is 5.56 Å². The number of ether oxygens (including phenoxy) is 1. The van der Waals surface area contributed by atoms with Gasteiger partial charge in [0.05, 0.1) is 12.7 Å². The van der Waals surface area contributed by atoms with E-state index in [4.69, 9.17) is 10.5 Å². The molecule has 0 amide bonds. The van der Waals surface area contributed by atoms with Crippen molar-refractivity contribution in [3.63, 3.8) is 0 Å². The van der Waals surface area contributed by atoms with Gasteiger partial charge in [-0.3, -0.25) is 0 Å². The third-order valence-electron chi connectivity index (χ3n) is 3.11. The molecule has 4 heteroatoms. The summed E-state index contributed by atoms with van der Waals surface area (Å²) >= 11 is 0. The Bertz CT molecular complexity index is 381. The highest BCUT2D eigenvalue weighted by atomic mass is 16.5. The smallest absolute Gasteiger partial charge is 0.0874 e. The quantitative estimate of drug-likeness (QED) is 0.776. The summed E-state index contributed by atoms with van der Waals surface area (Å²) < 4.78 is 5.70. The molecule has 1 atom stereocenters. The number of hydrogen-bond donors (Lipinski definition) is 2. The summed E-state index contributed by atoms with van der Waals surface area (Å²) in [6.45, 7) is 5.74. The van der Waals surface area contributed by atoms with E-state index in [-0.39, 0.29) is 6.10 Å². The van der Waals surface area contributed by atoms with Gasteiger partial charge in [-0.25, -0.2) is 0 Å². The van der Waals surface area contributed by atoms with Crippen molar-refractivity contribution in [2.24, 2.45) is 0 Å². The first-order valence-corrected chi connectivity index (χ1v) is 6.05. The van der Waals surface area contributed by atoms with Gasteiger partial charge in [0.2, 0.25) is 0 Å². The molecule has 0 saturated carbocycles. The Kier molecular flexibility index (Phi) is 3.86. The average molecular weight is 235 g/mol. The van der Waals surface area contributed by atoms with Crippen molar-refractivity contribution >= 4 is 11.4 Å². The predicted molar refractivity (Wildman–Crippen MR) is 71.3 cm³/mol. The molecule has 17 heavy (non-hydrogen) atoms. The molecule has 0 spiro atoms. The van der Waals surface area contributed by atoms with Gasteiger partial charge in [0.1, 0.15) is 0 Å². The van der Waals surface area contributed by atoms with Gasteiger partial charge < -0.3 is 20.7 Å². The van der Waals surface area contributed by atoms with E-state index in [1.165, 1.54) is 5.56 Å². The van der Waals surface area contributed by atoms with Crippen molar-refractivity contribution in [3.8, 4) is 0 Å². The average Bonchev–Trinajstić information content (AvgIpc) is 2.28. The van der Waals surface area contributed by atoms with Gasteiger partial charge in [0.25, 0.3) is 0 Å². The van der Waals surface area contributed by atoms with Gasteiger partial charge in [-0.05, 0) is 37.7 Å². The van der Waals surface area contributed by atoms with Crippen LogP contribution in [0, 0.1) is 6.92 Å². The van der Waals surface area contributed by atoms with Crippen LogP contribution in [0.5, 0.6) is 0 Å². The molecule has 1 fully saturated rings. The molecule has 0 aliphatic carbocycles. The second-order valence-electron chi connectivity index (χ2n) is 4.71. The Balaban J connectivity index is 1.88. The Morgan fingerprint density at radius 2 is 2.35 bits per heavy atom. The number of hydrogen-bond acceptors (Lipinski definition) is 4. The maximum absolute atomic E-state index is 5.73.